The van der Waals surface area contributed by atoms with Gasteiger partial charge in [0.1, 0.15) is 5.75 Å². The number of aromatic amines is 1. The van der Waals surface area contributed by atoms with Gasteiger partial charge in [-0.1, -0.05) is 6.07 Å². The van der Waals surface area contributed by atoms with E-state index in [0.29, 0.717) is 24.0 Å². The van der Waals surface area contributed by atoms with Crippen LogP contribution in [0.1, 0.15) is 26.5 Å². The lowest BCUT2D eigenvalue weighted by molar-refractivity contribution is 0.160. The summed E-state index contributed by atoms with van der Waals surface area (Å²) in [5.41, 5.74) is 1.44. The third kappa shape index (κ3) is 3.45. The maximum Gasteiger partial charge on any atom is 0.126 e. The molecule has 0 saturated carbocycles. The summed E-state index contributed by atoms with van der Waals surface area (Å²) in [5, 5.41) is 30.9. The Hall–Kier alpha value is -1.59. The predicted octanol–water partition coefficient (Wildman–Crippen LogP) is 1.56. The predicted molar refractivity (Wildman–Crippen MR) is 75.2 cm³/mol. The molecule has 104 valence electrons. The van der Waals surface area contributed by atoms with Crippen LogP contribution in [0.5, 0.6) is 5.75 Å². The average molecular weight is 263 g/mol. The third-order valence-corrected chi connectivity index (χ3v) is 2.94. The van der Waals surface area contributed by atoms with Gasteiger partial charge in [0.15, 0.2) is 0 Å². The van der Waals surface area contributed by atoms with Crippen molar-refractivity contribution in [2.24, 2.45) is 0 Å². The molecule has 0 radical (unpaired) electrons. The molecule has 0 saturated heterocycles. The smallest absolute Gasteiger partial charge is 0.126 e. The Balaban J connectivity index is 2.09. The molecule has 1 heterocycles. The summed E-state index contributed by atoms with van der Waals surface area (Å²) in [6, 6.07) is 5.24. The van der Waals surface area contributed by atoms with E-state index in [1.807, 2.05) is 6.07 Å². The number of hydrogen-bond donors (Lipinski definition) is 4. The van der Waals surface area contributed by atoms with Crippen molar-refractivity contribution in [1.29, 1.82) is 0 Å². The van der Waals surface area contributed by atoms with Gasteiger partial charge in [-0.3, -0.25) is 5.10 Å². The van der Waals surface area contributed by atoms with E-state index in [1.54, 1.807) is 12.1 Å². The third-order valence-electron chi connectivity index (χ3n) is 2.94. The van der Waals surface area contributed by atoms with Crippen molar-refractivity contribution in [3.05, 3.63) is 23.9 Å². The van der Waals surface area contributed by atoms with E-state index < -0.39 is 6.10 Å². The molecule has 2 rings (SSSR count). The highest BCUT2D eigenvalue weighted by Crippen LogP contribution is 2.26. The van der Waals surface area contributed by atoms with Gasteiger partial charge in [-0.05, 0) is 32.9 Å². The van der Waals surface area contributed by atoms with Crippen LogP contribution in [0.4, 0.5) is 0 Å². The van der Waals surface area contributed by atoms with E-state index in [2.05, 4.69) is 36.3 Å². The second kappa shape index (κ2) is 5.19. The number of nitrogens with zero attached hydrogens (tertiary/aromatic N) is 1. The number of aromatic nitrogens is 2. The normalized spacial score (nSPS) is 13.9. The van der Waals surface area contributed by atoms with Gasteiger partial charge in [0.2, 0.25) is 0 Å². The molecule has 4 N–H and O–H groups in total. The molecule has 1 aromatic heterocycles. The van der Waals surface area contributed by atoms with E-state index in [1.165, 1.54) is 0 Å². The van der Waals surface area contributed by atoms with Crippen molar-refractivity contribution in [2.75, 3.05) is 6.54 Å². The minimum atomic E-state index is -0.537. The van der Waals surface area contributed by atoms with Gasteiger partial charge in [-0.2, -0.15) is 5.10 Å². The number of nitrogens with one attached hydrogen (secondary N) is 2. The molecule has 19 heavy (non-hydrogen) atoms. The van der Waals surface area contributed by atoms with Crippen LogP contribution in [-0.4, -0.2) is 38.6 Å². The number of β-amino-alcohol motifs (C(OH)–C–C–N with tert-alkyl or cyclic N) is 1. The van der Waals surface area contributed by atoms with Crippen molar-refractivity contribution in [3.63, 3.8) is 0 Å². The number of aliphatic hydroxyl groups excluding tert-OH is 1. The first kappa shape index (κ1) is 13.8. The molecule has 1 aromatic carbocycles. The van der Waals surface area contributed by atoms with E-state index in [0.717, 1.165) is 5.52 Å². The number of H-pyrrole nitrogens is 1. The Bertz CT molecular complexity index is 557. The molecule has 0 fully saturated rings. The maximum absolute atomic E-state index is 10.0. The fourth-order valence-corrected chi connectivity index (χ4v) is 1.99. The summed E-state index contributed by atoms with van der Waals surface area (Å²) >= 11 is 0. The molecule has 1 atom stereocenters. The average Bonchev–Trinajstić information content (AvgIpc) is 2.70. The minimum absolute atomic E-state index is 0.0310. The molecule has 0 bridgehead atoms. The van der Waals surface area contributed by atoms with Crippen molar-refractivity contribution >= 4 is 10.9 Å². The van der Waals surface area contributed by atoms with Crippen LogP contribution in [0.25, 0.3) is 10.9 Å². The highest BCUT2D eigenvalue weighted by Gasteiger charge is 2.16. The number of phenols is 1. The zero-order valence-corrected chi connectivity index (χ0v) is 11.6. The van der Waals surface area contributed by atoms with Crippen molar-refractivity contribution in [1.82, 2.24) is 15.5 Å². The molecular weight excluding hydrogens is 242 g/mol. The van der Waals surface area contributed by atoms with Gasteiger partial charge in [-0.15, -0.1) is 0 Å². The molecule has 0 aliphatic carbocycles. The number of aliphatic hydroxyl groups is 1. The Kier molecular flexibility index (Phi) is 3.78. The zero-order valence-electron chi connectivity index (χ0n) is 11.6. The monoisotopic (exact) mass is 263 g/mol. The second-order valence-corrected chi connectivity index (χ2v) is 5.86. The summed E-state index contributed by atoms with van der Waals surface area (Å²) in [6.07, 6.45) is -0.133. The summed E-state index contributed by atoms with van der Waals surface area (Å²) in [5.74, 6) is 0.192. The number of hydrogen-bond acceptors (Lipinski definition) is 4. The van der Waals surface area contributed by atoms with Crippen LogP contribution < -0.4 is 5.32 Å². The quantitative estimate of drug-likeness (QED) is 0.675. The van der Waals surface area contributed by atoms with E-state index in [4.69, 9.17) is 0 Å². The fraction of sp³-hybridized carbons (Fsp3) is 0.500. The lowest BCUT2D eigenvalue weighted by Crippen LogP contribution is -2.41. The zero-order chi connectivity index (χ0) is 14.0. The fourth-order valence-electron chi connectivity index (χ4n) is 1.99. The number of benzene rings is 1. The van der Waals surface area contributed by atoms with Crippen LogP contribution in [0.3, 0.4) is 0 Å². The molecule has 2 aromatic rings. The van der Waals surface area contributed by atoms with Crippen LogP contribution in [0.15, 0.2) is 18.2 Å². The SMILES string of the molecule is CC(C)(C)NCC(O)Cc1n[nH]c2cccc(O)c12. The molecule has 5 nitrogen and oxygen atoms in total. The first-order chi connectivity index (χ1) is 8.87. The first-order valence-corrected chi connectivity index (χ1v) is 6.45. The number of fused-ring (bicyclic) bond motifs is 1. The van der Waals surface area contributed by atoms with Gasteiger partial charge in [0.05, 0.1) is 22.7 Å². The molecule has 1 unspecified atom stereocenters. The standard InChI is InChI=1S/C14H21N3O2/c1-14(2,3)15-8-9(18)7-11-13-10(16-17-11)5-4-6-12(13)19/h4-6,9,15,18-19H,7-8H2,1-3H3,(H,16,17). The largest absolute Gasteiger partial charge is 0.507 e. The second-order valence-electron chi connectivity index (χ2n) is 5.86. The Morgan fingerprint density at radius 1 is 1.37 bits per heavy atom. The molecule has 0 amide bonds. The van der Waals surface area contributed by atoms with Gasteiger partial charge in [0, 0.05) is 18.5 Å². The lowest BCUT2D eigenvalue weighted by Gasteiger charge is -2.22. The summed E-state index contributed by atoms with van der Waals surface area (Å²) in [4.78, 5) is 0. The summed E-state index contributed by atoms with van der Waals surface area (Å²) in [6.45, 7) is 6.64. The topological polar surface area (TPSA) is 81.2 Å². The highest BCUT2D eigenvalue weighted by atomic mass is 16.3. The van der Waals surface area contributed by atoms with Crippen LogP contribution in [0.2, 0.25) is 0 Å². The van der Waals surface area contributed by atoms with Crippen molar-refractivity contribution in [3.8, 4) is 5.75 Å². The van der Waals surface area contributed by atoms with Gasteiger partial charge in [-0.25, -0.2) is 0 Å². The number of rotatable bonds is 4. The Morgan fingerprint density at radius 3 is 2.79 bits per heavy atom. The van der Waals surface area contributed by atoms with Gasteiger partial charge in [0.25, 0.3) is 0 Å². The van der Waals surface area contributed by atoms with Gasteiger partial charge < -0.3 is 15.5 Å². The minimum Gasteiger partial charge on any atom is -0.507 e. The van der Waals surface area contributed by atoms with E-state index in [9.17, 15) is 10.2 Å². The van der Waals surface area contributed by atoms with E-state index in [-0.39, 0.29) is 11.3 Å². The molecule has 5 heteroatoms. The Labute approximate surface area is 112 Å². The molecule has 0 spiro atoms. The maximum atomic E-state index is 10.0. The van der Waals surface area contributed by atoms with Gasteiger partial charge >= 0.3 is 0 Å². The van der Waals surface area contributed by atoms with Crippen molar-refractivity contribution in [2.45, 2.75) is 38.8 Å². The van der Waals surface area contributed by atoms with Crippen LogP contribution in [0, 0.1) is 0 Å². The number of phenolic OH excluding ortho intramolecular Hbond substituents is 1. The first-order valence-electron chi connectivity index (χ1n) is 6.45. The molecule has 0 aliphatic rings. The van der Waals surface area contributed by atoms with E-state index >= 15 is 0 Å². The Morgan fingerprint density at radius 2 is 2.11 bits per heavy atom. The number of aromatic hydroxyl groups is 1. The highest BCUT2D eigenvalue weighted by molar-refractivity contribution is 5.87. The van der Waals surface area contributed by atoms with Crippen LogP contribution in [-0.2, 0) is 6.42 Å². The van der Waals surface area contributed by atoms with Crippen LogP contribution >= 0.6 is 0 Å². The summed E-state index contributed by atoms with van der Waals surface area (Å²) < 4.78 is 0. The molecule has 0 aliphatic heterocycles. The lowest BCUT2D eigenvalue weighted by atomic mass is 10.1. The summed E-state index contributed by atoms with van der Waals surface area (Å²) in [7, 11) is 0. The van der Waals surface area contributed by atoms with Crippen molar-refractivity contribution < 1.29 is 10.2 Å². The molecular formula is C14H21N3O2.